The third-order valence-electron chi connectivity index (χ3n) is 3.19. The molecule has 0 radical (unpaired) electrons. The third-order valence-corrected chi connectivity index (χ3v) is 3.19. The van der Waals surface area contributed by atoms with Gasteiger partial charge in [0.25, 0.3) is 0 Å². The van der Waals surface area contributed by atoms with Crippen LogP contribution in [0.5, 0.6) is 0 Å². The fourth-order valence-corrected chi connectivity index (χ4v) is 2.03. The number of carbonyl (C=O) groups excluding carboxylic acids is 1. The molecular formula is C16H26N2O. The molecule has 0 aliphatic heterocycles. The minimum atomic E-state index is -0.146. The molecule has 0 heterocycles. The molecule has 106 valence electrons. The summed E-state index contributed by atoms with van der Waals surface area (Å²) in [7, 11) is 1.90. The van der Waals surface area contributed by atoms with Crippen molar-refractivity contribution >= 4 is 5.91 Å². The fourth-order valence-electron chi connectivity index (χ4n) is 2.03. The van der Waals surface area contributed by atoms with Gasteiger partial charge in [-0.3, -0.25) is 4.79 Å². The number of rotatable bonds is 8. The summed E-state index contributed by atoms with van der Waals surface area (Å²) < 4.78 is 0. The average molecular weight is 262 g/mol. The van der Waals surface area contributed by atoms with Crippen LogP contribution in [0.15, 0.2) is 30.3 Å². The fraction of sp³-hybridized carbons (Fsp3) is 0.562. The minimum Gasteiger partial charge on any atom is -0.351 e. The lowest BCUT2D eigenvalue weighted by Gasteiger charge is -2.26. The van der Waals surface area contributed by atoms with E-state index in [4.69, 9.17) is 0 Å². The molecule has 0 aromatic heterocycles. The second kappa shape index (κ2) is 7.95. The summed E-state index contributed by atoms with van der Waals surface area (Å²) in [5, 5.41) is 6.17. The molecule has 0 spiro atoms. The summed E-state index contributed by atoms with van der Waals surface area (Å²) in [6, 6.07) is 10.4. The summed E-state index contributed by atoms with van der Waals surface area (Å²) in [6.07, 6.45) is 3.42. The molecular weight excluding hydrogens is 236 g/mol. The van der Waals surface area contributed by atoms with Crippen molar-refractivity contribution < 1.29 is 4.79 Å². The lowest BCUT2D eigenvalue weighted by Crippen LogP contribution is -2.43. The van der Waals surface area contributed by atoms with Crippen LogP contribution in [0.1, 0.15) is 38.7 Å². The average Bonchev–Trinajstić information content (AvgIpc) is 2.37. The van der Waals surface area contributed by atoms with E-state index in [1.54, 1.807) is 0 Å². The van der Waals surface area contributed by atoms with Crippen molar-refractivity contribution in [3.05, 3.63) is 35.9 Å². The zero-order valence-electron chi connectivity index (χ0n) is 12.3. The normalized spacial score (nSPS) is 11.3. The van der Waals surface area contributed by atoms with Gasteiger partial charge in [-0.15, -0.1) is 0 Å². The van der Waals surface area contributed by atoms with Crippen molar-refractivity contribution in [2.45, 2.75) is 45.1 Å². The van der Waals surface area contributed by atoms with Gasteiger partial charge in [0.1, 0.15) is 0 Å². The molecule has 0 saturated heterocycles. The molecule has 0 unspecified atom stereocenters. The Labute approximate surface area is 116 Å². The third kappa shape index (κ3) is 6.97. The maximum absolute atomic E-state index is 11.8. The first kappa shape index (κ1) is 15.7. The Bertz CT molecular complexity index is 374. The van der Waals surface area contributed by atoms with Gasteiger partial charge in [-0.05, 0) is 52.3 Å². The van der Waals surface area contributed by atoms with Gasteiger partial charge in [0, 0.05) is 12.0 Å². The molecule has 1 aromatic rings. The van der Waals surface area contributed by atoms with Gasteiger partial charge in [0.05, 0.1) is 0 Å². The molecule has 0 bridgehead atoms. The summed E-state index contributed by atoms with van der Waals surface area (Å²) in [5.41, 5.74) is 1.17. The van der Waals surface area contributed by atoms with Crippen LogP contribution in [-0.4, -0.2) is 25.0 Å². The van der Waals surface area contributed by atoms with Crippen LogP contribution >= 0.6 is 0 Å². The smallest absolute Gasteiger partial charge is 0.220 e. The molecule has 0 saturated carbocycles. The molecule has 1 rings (SSSR count). The highest BCUT2D eigenvalue weighted by atomic mass is 16.1. The standard InChI is InChI=1S/C16H26N2O/c1-16(2,18-15(19)10-7-13-17-3)12-11-14-8-5-4-6-9-14/h4-6,8-9,17H,7,10-13H2,1-3H3,(H,18,19). The van der Waals surface area contributed by atoms with Crippen LogP contribution in [0.3, 0.4) is 0 Å². The lowest BCUT2D eigenvalue weighted by atomic mass is 9.95. The molecule has 0 atom stereocenters. The predicted octanol–water partition coefficient (Wildman–Crippen LogP) is 2.51. The number of hydrogen-bond donors (Lipinski definition) is 2. The van der Waals surface area contributed by atoms with Gasteiger partial charge >= 0.3 is 0 Å². The number of amides is 1. The van der Waals surface area contributed by atoms with Crippen molar-refractivity contribution in [1.29, 1.82) is 0 Å². The van der Waals surface area contributed by atoms with E-state index in [9.17, 15) is 4.79 Å². The second-order valence-electron chi connectivity index (χ2n) is 5.62. The van der Waals surface area contributed by atoms with E-state index in [0.29, 0.717) is 6.42 Å². The Hall–Kier alpha value is -1.35. The topological polar surface area (TPSA) is 41.1 Å². The quantitative estimate of drug-likeness (QED) is 0.707. The zero-order chi connectivity index (χ0) is 14.1. The number of nitrogens with one attached hydrogen (secondary N) is 2. The monoisotopic (exact) mass is 262 g/mol. The Morgan fingerprint density at radius 1 is 1.21 bits per heavy atom. The Balaban J connectivity index is 2.32. The van der Waals surface area contributed by atoms with Gasteiger partial charge in [0.15, 0.2) is 0 Å². The van der Waals surface area contributed by atoms with E-state index in [2.05, 4.69) is 48.7 Å². The molecule has 19 heavy (non-hydrogen) atoms. The van der Waals surface area contributed by atoms with E-state index in [1.165, 1.54) is 5.56 Å². The number of hydrogen-bond acceptors (Lipinski definition) is 2. The van der Waals surface area contributed by atoms with Gasteiger partial charge in [-0.1, -0.05) is 30.3 Å². The van der Waals surface area contributed by atoms with Crippen molar-refractivity contribution in [1.82, 2.24) is 10.6 Å². The highest BCUT2D eigenvalue weighted by Gasteiger charge is 2.19. The first-order chi connectivity index (χ1) is 9.03. The van der Waals surface area contributed by atoms with Crippen LogP contribution < -0.4 is 10.6 Å². The number of aryl methyl sites for hydroxylation is 1. The van der Waals surface area contributed by atoms with E-state index in [1.807, 2.05) is 13.1 Å². The molecule has 1 aromatic carbocycles. The van der Waals surface area contributed by atoms with Crippen molar-refractivity contribution in [2.24, 2.45) is 0 Å². The molecule has 1 amide bonds. The first-order valence-electron chi connectivity index (χ1n) is 7.03. The van der Waals surface area contributed by atoms with Crippen molar-refractivity contribution in [2.75, 3.05) is 13.6 Å². The second-order valence-corrected chi connectivity index (χ2v) is 5.62. The van der Waals surface area contributed by atoms with Crippen molar-refractivity contribution in [3.8, 4) is 0 Å². The highest BCUT2D eigenvalue weighted by molar-refractivity contribution is 5.76. The Kier molecular flexibility index (Phi) is 6.57. The van der Waals surface area contributed by atoms with Crippen LogP contribution in [0, 0.1) is 0 Å². The van der Waals surface area contributed by atoms with Gasteiger partial charge in [0.2, 0.25) is 5.91 Å². The van der Waals surface area contributed by atoms with E-state index in [-0.39, 0.29) is 11.4 Å². The highest BCUT2D eigenvalue weighted by Crippen LogP contribution is 2.13. The number of carbonyl (C=O) groups is 1. The Morgan fingerprint density at radius 3 is 2.53 bits per heavy atom. The van der Waals surface area contributed by atoms with Crippen LogP contribution in [0.25, 0.3) is 0 Å². The van der Waals surface area contributed by atoms with Gasteiger partial charge in [-0.2, -0.15) is 0 Å². The van der Waals surface area contributed by atoms with Gasteiger partial charge < -0.3 is 10.6 Å². The predicted molar refractivity (Wildman–Crippen MR) is 80.1 cm³/mol. The summed E-state index contributed by atoms with van der Waals surface area (Å²) in [6.45, 7) is 5.07. The summed E-state index contributed by atoms with van der Waals surface area (Å²) in [5.74, 6) is 0.147. The largest absolute Gasteiger partial charge is 0.351 e. The SMILES string of the molecule is CNCCCC(=O)NC(C)(C)CCc1ccccc1. The molecule has 3 heteroatoms. The van der Waals surface area contributed by atoms with E-state index >= 15 is 0 Å². The van der Waals surface area contributed by atoms with Crippen LogP contribution in [-0.2, 0) is 11.2 Å². The minimum absolute atomic E-state index is 0.146. The zero-order valence-corrected chi connectivity index (χ0v) is 12.3. The molecule has 2 N–H and O–H groups in total. The Morgan fingerprint density at radius 2 is 1.89 bits per heavy atom. The molecule has 3 nitrogen and oxygen atoms in total. The molecule has 0 fully saturated rings. The molecule has 0 aliphatic carbocycles. The number of benzene rings is 1. The molecule has 0 aliphatic rings. The summed E-state index contributed by atoms with van der Waals surface area (Å²) in [4.78, 5) is 11.8. The van der Waals surface area contributed by atoms with Crippen LogP contribution in [0.2, 0.25) is 0 Å². The lowest BCUT2D eigenvalue weighted by molar-refractivity contribution is -0.122. The van der Waals surface area contributed by atoms with E-state index < -0.39 is 0 Å². The first-order valence-corrected chi connectivity index (χ1v) is 7.03. The van der Waals surface area contributed by atoms with Crippen LogP contribution in [0.4, 0.5) is 0 Å². The van der Waals surface area contributed by atoms with E-state index in [0.717, 1.165) is 25.8 Å². The maximum Gasteiger partial charge on any atom is 0.220 e. The van der Waals surface area contributed by atoms with Gasteiger partial charge in [-0.25, -0.2) is 0 Å². The van der Waals surface area contributed by atoms with Crippen molar-refractivity contribution in [3.63, 3.8) is 0 Å². The maximum atomic E-state index is 11.8. The summed E-state index contributed by atoms with van der Waals surface area (Å²) >= 11 is 0.